The molecule has 0 aliphatic heterocycles. The monoisotopic (exact) mass is 261 g/mol. The maximum Gasteiger partial charge on any atom is 0.292 e. The number of nitro groups is 1. The van der Waals surface area contributed by atoms with E-state index < -0.39 is 4.92 Å². The molecule has 0 saturated heterocycles. The van der Waals surface area contributed by atoms with E-state index in [1.807, 2.05) is 6.92 Å². The fourth-order valence-corrected chi connectivity index (χ4v) is 1.77. The number of aromatic nitrogens is 2. The predicted molar refractivity (Wildman–Crippen MR) is 72.8 cm³/mol. The normalized spacial score (nSPS) is 10.4. The second-order valence-corrected chi connectivity index (χ2v) is 4.31. The van der Waals surface area contributed by atoms with Crippen molar-refractivity contribution < 1.29 is 4.92 Å². The number of nitrogen functional groups attached to an aromatic ring is 1. The second-order valence-electron chi connectivity index (χ2n) is 4.31. The maximum atomic E-state index is 10.9. The minimum absolute atomic E-state index is 0.0491. The molecule has 1 heterocycles. The van der Waals surface area contributed by atoms with Crippen molar-refractivity contribution in [2.45, 2.75) is 13.5 Å². The van der Waals surface area contributed by atoms with Gasteiger partial charge in [-0.2, -0.15) is 5.10 Å². The molecule has 1 aromatic heterocycles. The molecule has 0 spiro atoms. The molecule has 0 saturated carbocycles. The van der Waals surface area contributed by atoms with Gasteiger partial charge in [-0.05, 0) is 18.6 Å². The molecule has 100 valence electrons. The Morgan fingerprint density at radius 1 is 1.53 bits per heavy atom. The Labute approximate surface area is 110 Å². The maximum absolute atomic E-state index is 10.9. The van der Waals surface area contributed by atoms with Gasteiger partial charge in [-0.3, -0.25) is 14.8 Å². The summed E-state index contributed by atoms with van der Waals surface area (Å²) in [4.78, 5) is 10.5. The lowest BCUT2D eigenvalue weighted by atomic mass is 10.2. The summed E-state index contributed by atoms with van der Waals surface area (Å²) in [6.45, 7) is 2.28. The van der Waals surface area contributed by atoms with Gasteiger partial charge in [-0.15, -0.1) is 0 Å². The molecular weight excluding hydrogens is 246 g/mol. The second kappa shape index (κ2) is 4.97. The molecule has 7 nitrogen and oxygen atoms in total. The number of benzene rings is 1. The van der Waals surface area contributed by atoms with Crippen molar-refractivity contribution in [1.29, 1.82) is 0 Å². The Hall–Kier alpha value is -2.57. The number of rotatable bonds is 4. The quantitative estimate of drug-likeness (QED) is 0.646. The van der Waals surface area contributed by atoms with Crippen molar-refractivity contribution in [2.75, 3.05) is 11.1 Å². The van der Waals surface area contributed by atoms with Crippen molar-refractivity contribution in [3.05, 3.63) is 45.6 Å². The average molecular weight is 261 g/mol. The number of nitro benzene ring substituents is 1. The summed E-state index contributed by atoms with van der Waals surface area (Å²) >= 11 is 0. The van der Waals surface area contributed by atoms with Crippen molar-refractivity contribution in [3.63, 3.8) is 0 Å². The smallest absolute Gasteiger partial charge is 0.292 e. The van der Waals surface area contributed by atoms with Crippen LogP contribution in [0.15, 0.2) is 24.4 Å². The molecule has 0 fully saturated rings. The predicted octanol–water partition coefficient (Wildman–Crippen LogP) is 1.83. The van der Waals surface area contributed by atoms with Crippen LogP contribution in [-0.4, -0.2) is 14.7 Å². The van der Waals surface area contributed by atoms with Gasteiger partial charge >= 0.3 is 0 Å². The summed E-state index contributed by atoms with van der Waals surface area (Å²) in [7, 11) is 1.74. The molecule has 0 atom stereocenters. The van der Waals surface area contributed by atoms with E-state index in [0.29, 0.717) is 18.1 Å². The Kier molecular flexibility index (Phi) is 3.37. The lowest BCUT2D eigenvalue weighted by molar-refractivity contribution is -0.384. The van der Waals surface area contributed by atoms with E-state index in [9.17, 15) is 10.1 Å². The standard InChI is InChI=1S/C12H15N5O2/c1-8-3-4-11(17(18)19)10(5-8)14-6-9-7-15-16(2)12(9)13/h3-5,7,14H,6,13H2,1-2H3. The Bertz CT molecular complexity index is 621. The minimum Gasteiger partial charge on any atom is -0.384 e. The first-order valence-electron chi connectivity index (χ1n) is 5.74. The van der Waals surface area contributed by atoms with E-state index in [-0.39, 0.29) is 5.69 Å². The summed E-state index contributed by atoms with van der Waals surface area (Å²) in [5, 5.41) is 18.0. The van der Waals surface area contributed by atoms with E-state index >= 15 is 0 Å². The summed E-state index contributed by atoms with van der Waals surface area (Å²) < 4.78 is 1.56. The van der Waals surface area contributed by atoms with Crippen LogP contribution in [0.25, 0.3) is 0 Å². The fourth-order valence-electron chi connectivity index (χ4n) is 1.77. The van der Waals surface area contributed by atoms with E-state index in [4.69, 9.17) is 5.73 Å². The highest BCUT2D eigenvalue weighted by Crippen LogP contribution is 2.26. The number of nitrogens with two attached hydrogens (primary N) is 1. The molecule has 0 aliphatic rings. The SMILES string of the molecule is Cc1ccc([N+](=O)[O-])c(NCc2cnn(C)c2N)c1. The molecule has 1 aromatic carbocycles. The lowest BCUT2D eigenvalue weighted by Gasteiger charge is -2.07. The minimum atomic E-state index is -0.408. The molecule has 0 unspecified atom stereocenters. The zero-order chi connectivity index (χ0) is 14.0. The number of nitrogens with zero attached hydrogens (tertiary/aromatic N) is 3. The van der Waals surface area contributed by atoms with Crippen LogP contribution in [0, 0.1) is 17.0 Å². The van der Waals surface area contributed by atoms with Crippen molar-refractivity contribution >= 4 is 17.2 Å². The van der Waals surface area contributed by atoms with Crippen LogP contribution in [0.3, 0.4) is 0 Å². The van der Waals surface area contributed by atoms with Crippen LogP contribution in [0.5, 0.6) is 0 Å². The van der Waals surface area contributed by atoms with Crippen LogP contribution >= 0.6 is 0 Å². The van der Waals surface area contributed by atoms with E-state index in [2.05, 4.69) is 10.4 Å². The lowest BCUT2D eigenvalue weighted by Crippen LogP contribution is -2.05. The number of anilines is 2. The highest BCUT2D eigenvalue weighted by atomic mass is 16.6. The molecule has 0 radical (unpaired) electrons. The first-order valence-corrected chi connectivity index (χ1v) is 5.74. The number of nitrogens with one attached hydrogen (secondary N) is 1. The van der Waals surface area contributed by atoms with E-state index in [1.165, 1.54) is 6.07 Å². The third kappa shape index (κ3) is 2.65. The van der Waals surface area contributed by atoms with Crippen LogP contribution < -0.4 is 11.1 Å². The number of hydrogen-bond acceptors (Lipinski definition) is 5. The summed E-state index contributed by atoms with van der Waals surface area (Å²) in [6, 6.07) is 4.94. The molecule has 2 aromatic rings. The molecule has 7 heteroatoms. The van der Waals surface area contributed by atoms with Gasteiger partial charge in [0, 0.05) is 25.2 Å². The van der Waals surface area contributed by atoms with Gasteiger partial charge in [0.15, 0.2) is 0 Å². The van der Waals surface area contributed by atoms with Crippen molar-refractivity contribution in [2.24, 2.45) is 7.05 Å². The number of hydrogen-bond donors (Lipinski definition) is 2. The topological polar surface area (TPSA) is 99.0 Å². The van der Waals surface area contributed by atoms with Gasteiger partial charge in [-0.25, -0.2) is 0 Å². The van der Waals surface area contributed by atoms with Crippen LogP contribution in [0.4, 0.5) is 17.2 Å². The van der Waals surface area contributed by atoms with E-state index in [1.54, 1.807) is 30.1 Å². The van der Waals surface area contributed by atoms with Crippen molar-refractivity contribution in [3.8, 4) is 0 Å². The Balaban J connectivity index is 2.21. The third-order valence-electron chi connectivity index (χ3n) is 2.88. The first-order chi connectivity index (χ1) is 8.99. The van der Waals surface area contributed by atoms with Gasteiger partial charge in [0.1, 0.15) is 11.5 Å². The molecule has 3 N–H and O–H groups in total. The van der Waals surface area contributed by atoms with Gasteiger partial charge in [0.2, 0.25) is 0 Å². The zero-order valence-corrected chi connectivity index (χ0v) is 10.8. The Morgan fingerprint density at radius 3 is 2.84 bits per heavy atom. The molecule has 2 rings (SSSR count). The molecule has 0 aliphatic carbocycles. The van der Waals surface area contributed by atoms with Crippen LogP contribution in [0.2, 0.25) is 0 Å². The van der Waals surface area contributed by atoms with Crippen LogP contribution in [0.1, 0.15) is 11.1 Å². The summed E-state index contributed by atoms with van der Waals surface area (Å²) in [5.74, 6) is 0.544. The highest BCUT2D eigenvalue weighted by molar-refractivity contribution is 5.63. The largest absolute Gasteiger partial charge is 0.384 e. The van der Waals surface area contributed by atoms with Gasteiger partial charge in [-0.1, -0.05) is 6.07 Å². The van der Waals surface area contributed by atoms with Crippen molar-refractivity contribution in [1.82, 2.24) is 9.78 Å². The fraction of sp³-hybridized carbons (Fsp3) is 0.250. The Morgan fingerprint density at radius 2 is 2.26 bits per heavy atom. The first kappa shape index (κ1) is 12.9. The van der Waals surface area contributed by atoms with Crippen LogP contribution in [-0.2, 0) is 13.6 Å². The zero-order valence-electron chi connectivity index (χ0n) is 10.8. The molecule has 19 heavy (non-hydrogen) atoms. The highest BCUT2D eigenvalue weighted by Gasteiger charge is 2.14. The van der Waals surface area contributed by atoms with Gasteiger partial charge in [0.05, 0.1) is 11.1 Å². The molecule has 0 amide bonds. The summed E-state index contributed by atoms with van der Waals surface area (Å²) in [6.07, 6.45) is 1.64. The molecule has 0 bridgehead atoms. The molecular formula is C12H15N5O2. The average Bonchev–Trinajstić information content (AvgIpc) is 2.67. The van der Waals surface area contributed by atoms with Gasteiger partial charge in [0.25, 0.3) is 5.69 Å². The van der Waals surface area contributed by atoms with E-state index in [0.717, 1.165) is 11.1 Å². The summed E-state index contributed by atoms with van der Waals surface area (Å²) in [5.41, 5.74) is 8.11. The number of aryl methyl sites for hydroxylation is 2. The third-order valence-corrected chi connectivity index (χ3v) is 2.88. The van der Waals surface area contributed by atoms with Gasteiger partial charge < -0.3 is 11.1 Å².